The number of imidazole rings is 1. The number of carbonyl (C=O) groups is 2. The van der Waals surface area contributed by atoms with Gasteiger partial charge in [-0.2, -0.15) is 9.90 Å². The van der Waals surface area contributed by atoms with E-state index in [2.05, 4.69) is 30.8 Å². The molecule has 1 aromatic carbocycles. The Kier molecular flexibility index (Phi) is 8.28. The van der Waals surface area contributed by atoms with Crippen LogP contribution in [0.3, 0.4) is 0 Å². The molecule has 3 aromatic rings. The number of nitrogens with zero attached hydrogens (tertiary/aromatic N) is 4. The lowest BCUT2D eigenvalue weighted by molar-refractivity contribution is -0.129. The SMILES string of the molecule is C[C@@H](NC(=O)C(F)C(F)CF)c1ccc2nc([C@@H](NC(=O)c3cnn(CC4CC4)n3)C3CCC(F)(F)CC3)[nH]c2c1. The van der Waals surface area contributed by atoms with Crippen molar-refractivity contribution in [3.05, 3.63) is 41.5 Å². The first-order valence-corrected chi connectivity index (χ1v) is 13.8. The maximum Gasteiger partial charge on any atom is 0.274 e. The molecule has 2 amide bonds. The molecule has 0 aliphatic heterocycles. The summed E-state index contributed by atoms with van der Waals surface area (Å²) in [5.74, 6) is -3.95. The van der Waals surface area contributed by atoms with E-state index in [9.17, 15) is 31.5 Å². The van der Waals surface area contributed by atoms with Crippen molar-refractivity contribution in [2.45, 2.75) is 82.3 Å². The zero-order valence-electron chi connectivity index (χ0n) is 22.4. The molecule has 2 saturated carbocycles. The Bertz CT molecular complexity index is 1380. The van der Waals surface area contributed by atoms with Crippen LogP contribution in [0.15, 0.2) is 24.4 Å². The van der Waals surface area contributed by atoms with E-state index in [0.717, 1.165) is 12.8 Å². The molecule has 2 aliphatic rings. The number of hydrogen-bond acceptors (Lipinski definition) is 5. The molecular formula is C27H32F5N7O2. The highest BCUT2D eigenvalue weighted by molar-refractivity contribution is 5.92. The lowest BCUT2D eigenvalue weighted by Gasteiger charge is -2.33. The van der Waals surface area contributed by atoms with Crippen LogP contribution in [-0.2, 0) is 11.3 Å². The van der Waals surface area contributed by atoms with Crippen LogP contribution < -0.4 is 10.6 Å². The number of halogens is 5. The molecule has 3 N–H and O–H groups in total. The highest BCUT2D eigenvalue weighted by Crippen LogP contribution is 2.41. The predicted molar refractivity (Wildman–Crippen MR) is 138 cm³/mol. The number of amides is 2. The first-order chi connectivity index (χ1) is 19.5. The molecule has 0 radical (unpaired) electrons. The number of alkyl halides is 5. The van der Waals surface area contributed by atoms with Gasteiger partial charge in [-0.1, -0.05) is 6.07 Å². The Balaban J connectivity index is 1.35. The third-order valence-corrected chi connectivity index (χ3v) is 7.80. The van der Waals surface area contributed by atoms with Gasteiger partial charge in [0.2, 0.25) is 12.1 Å². The lowest BCUT2D eigenvalue weighted by atomic mass is 9.81. The molecule has 4 atom stereocenters. The van der Waals surface area contributed by atoms with Crippen LogP contribution in [0, 0.1) is 11.8 Å². The van der Waals surface area contributed by atoms with Gasteiger partial charge in [-0.3, -0.25) is 9.59 Å². The van der Waals surface area contributed by atoms with E-state index in [1.165, 1.54) is 11.0 Å². The summed E-state index contributed by atoms with van der Waals surface area (Å²) >= 11 is 0. The van der Waals surface area contributed by atoms with Gasteiger partial charge >= 0.3 is 0 Å². The van der Waals surface area contributed by atoms with Crippen molar-refractivity contribution in [3.8, 4) is 0 Å². The molecule has 14 heteroatoms. The van der Waals surface area contributed by atoms with Gasteiger partial charge in [0.05, 0.1) is 35.9 Å². The number of carbonyl (C=O) groups excluding carboxylic acids is 2. The average molecular weight is 582 g/mol. The van der Waals surface area contributed by atoms with Crippen molar-refractivity contribution in [2.24, 2.45) is 11.8 Å². The minimum atomic E-state index is -2.76. The van der Waals surface area contributed by atoms with Crippen LogP contribution in [-0.4, -0.2) is 61.7 Å². The number of benzene rings is 1. The largest absolute Gasteiger partial charge is 0.347 e. The van der Waals surface area contributed by atoms with Gasteiger partial charge in [-0.15, -0.1) is 5.10 Å². The zero-order valence-corrected chi connectivity index (χ0v) is 22.4. The minimum Gasteiger partial charge on any atom is -0.347 e. The number of fused-ring (bicyclic) bond motifs is 1. The van der Waals surface area contributed by atoms with Crippen LogP contribution in [0.2, 0.25) is 0 Å². The standard InChI is InChI=1S/C27H32F5N7O2/c1-14(34-26(41)22(30)18(29)11-28)17-4-5-19-20(10-17)36-24(35-19)23(16-6-8-27(31,32)9-7-16)37-25(40)21-12-33-39(38-21)13-15-2-3-15/h4-5,10,12,14-16,18,22-23H,2-3,6-9,11,13H2,1H3,(H,34,41)(H,35,36)(H,37,40)/t14-,18?,22?,23+/m1/s1. The fourth-order valence-electron chi connectivity index (χ4n) is 5.12. The van der Waals surface area contributed by atoms with Gasteiger partial charge in [0, 0.05) is 12.8 Å². The second kappa shape index (κ2) is 11.7. The van der Waals surface area contributed by atoms with Crippen molar-refractivity contribution < 1.29 is 31.5 Å². The smallest absolute Gasteiger partial charge is 0.274 e. The molecular weight excluding hydrogens is 549 g/mol. The number of aromatic nitrogens is 5. The summed E-state index contributed by atoms with van der Waals surface area (Å²) < 4.78 is 67.4. The summed E-state index contributed by atoms with van der Waals surface area (Å²) in [7, 11) is 0. The molecule has 0 bridgehead atoms. The highest BCUT2D eigenvalue weighted by Gasteiger charge is 2.40. The van der Waals surface area contributed by atoms with E-state index in [1.807, 2.05) is 0 Å². The third kappa shape index (κ3) is 6.84. The van der Waals surface area contributed by atoms with Crippen molar-refractivity contribution in [2.75, 3.05) is 6.67 Å². The fraction of sp³-hybridized carbons (Fsp3) is 0.593. The lowest BCUT2D eigenvalue weighted by Crippen LogP contribution is -2.39. The van der Waals surface area contributed by atoms with E-state index in [-0.39, 0.29) is 37.3 Å². The number of H-pyrrole nitrogens is 1. The van der Waals surface area contributed by atoms with Crippen LogP contribution >= 0.6 is 0 Å². The van der Waals surface area contributed by atoms with Gasteiger partial charge in [-0.05, 0) is 62.1 Å². The molecule has 41 heavy (non-hydrogen) atoms. The topological polar surface area (TPSA) is 118 Å². The van der Waals surface area contributed by atoms with E-state index in [0.29, 0.717) is 34.9 Å². The molecule has 222 valence electrons. The van der Waals surface area contributed by atoms with E-state index >= 15 is 0 Å². The number of hydrogen-bond donors (Lipinski definition) is 3. The second-order valence-electron chi connectivity index (χ2n) is 11.1. The van der Waals surface area contributed by atoms with Crippen LogP contribution in [0.5, 0.6) is 0 Å². The predicted octanol–water partition coefficient (Wildman–Crippen LogP) is 4.68. The van der Waals surface area contributed by atoms with Crippen LogP contribution in [0.4, 0.5) is 22.0 Å². The van der Waals surface area contributed by atoms with E-state index in [1.54, 1.807) is 25.1 Å². The number of rotatable bonds is 11. The van der Waals surface area contributed by atoms with Gasteiger partial charge in [0.15, 0.2) is 11.9 Å². The minimum absolute atomic E-state index is 0.120. The highest BCUT2D eigenvalue weighted by atomic mass is 19.3. The monoisotopic (exact) mass is 581 g/mol. The normalized spacial score (nSPS) is 20.3. The number of nitrogens with one attached hydrogen (secondary N) is 3. The van der Waals surface area contributed by atoms with Gasteiger partial charge in [-0.25, -0.2) is 26.9 Å². The molecule has 2 heterocycles. The molecule has 5 rings (SSSR count). The summed E-state index contributed by atoms with van der Waals surface area (Å²) in [4.78, 5) is 34.4. The molecule has 2 aromatic heterocycles. The Hall–Kier alpha value is -3.58. The molecule has 9 nitrogen and oxygen atoms in total. The average Bonchev–Trinajstić information content (AvgIpc) is 3.46. The van der Waals surface area contributed by atoms with Gasteiger partial charge in [0.25, 0.3) is 11.8 Å². The van der Waals surface area contributed by atoms with Crippen molar-refractivity contribution >= 4 is 22.8 Å². The summed E-state index contributed by atoms with van der Waals surface area (Å²) in [5, 5.41) is 13.7. The quantitative estimate of drug-likeness (QED) is 0.284. The van der Waals surface area contributed by atoms with Gasteiger partial charge < -0.3 is 15.6 Å². The molecule has 2 unspecified atom stereocenters. The maximum atomic E-state index is 14.0. The van der Waals surface area contributed by atoms with Crippen molar-refractivity contribution in [1.82, 2.24) is 35.6 Å². The molecule has 0 spiro atoms. The Labute approximate surface area is 232 Å². The molecule has 0 saturated heterocycles. The van der Waals surface area contributed by atoms with Crippen LogP contribution in [0.1, 0.15) is 79.4 Å². The summed E-state index contributed by atoms with van der Waals surface area (Å²) in [6.07, 6.45) is -1.85. The third-order valence-electron chi connectivity index (χ3n) is 7.80. The molecule has 2 aliphatic carbocycles. The maximum absolute atomic E-state index is 14.0. The summed E-state index contributed by atoms with van der Waals surface area (Å²) in [6, 6.07) is 3.49. The second-order valence-corrected chi connectivity index (χ2v) is 11.1. The van der Waals surface area contributed by atoms with E-state index in [4.69, 9.17) is 0 Å². The Morgan fingerprint density at radius 3 is 2.56 bits per heavy atom. The fourth-order valence-corrected chi connectivity index (χ4v) is 5.12. The first-order valence-electron chi connectivity index (χ1n) is 13.8. The first kappa shape index (κ1) is 28.9. The molecule has 2 fully saturated rings. The van der Waals surface area contributed by atoms with Gasteiger partial charge in [0.1, 0.15) is 12.5 Å². The van der Waals surface area contributed by atoms with E-state index < -0.39 is 48.8 Å². The Morgan fingerprint density at radius 1 is 1.15 bits per heavy atom. The Morgan fingerprint density at radius 2 is 1.88 bits per heavy atom. The zero-order chi connectivity index (χ0) is 29.3. The number of aromatic amines is 1. The van der Waals surface area contributed by atoms with Crippen molar-refractivity contribution in [1.29, 1.82) is 0 Å². The summed E-state index contributed by atoms with van der Waals surface area (Å²) in [6.45, 7) is 0.587. The van der Waals surface area contributed by atoms with Crippen molar-refractivity contribution in [3.63, 3.8) is 0 Å². The van der Waals surface area contributed by atoms with Crippen LogP contribution in [0.25, 0.3) is 11.0 Å². The summed E-state index contributed by atoms with van der Waals surface area (Å²) in [5.41, 5.74) is 1.70.